The quantitative estimate of drug-likeness (QED) is 0.344. The molecule has 1 aromatic carbocycles. The number of hydrogen-bond acceptors (Lipinski definition) is 3. The van der Waals surface area contributed by atoms with Crippen LogP contribution in [0.5, 0.6) is 0 Å². The first-order valence-electron chi connectivity index (χ1n) is 9.08. The summed E-state index contributed by atoms with van der Waals surface area (Å²) in [6, 6.07) is 10.4. The molecule has 0 aromatic heterocycles. The van der Waals surface area contributed by atoms with Crippen LogP contribution in [0.1, 0.15) is 57.4 Å². The molecule has 1 atom stereocenters. The summed E-state index contributed by atoms with van der Waals surface area (Å²) >= 11 is 0. The van der Waals surface area contributed by atoms with E-state index in [1.54, 1.807) is 21.3 Å². The highest BCUT2D eigenvalue weighted by molar-refractivity contribution is 5.48. The Morgan fingerprint density at radius 1 is 0.917 bits per heavy atom. The maximum atomic E-state index is 5.49. The largest absolute Gasteiger partial charge is 0.331 e. The fraction of sp³-hybridized carbons (Fsp3) is 0.619. The molecule has 3 nitrogen and oxygen atoms in total. The van der Waals surface area contributed by atoms with Crippen molar-refractivity contribution in [1.82, 2.24) is 0 Å². The van der Waals surface area contributed by atoms with E-state index in [9.17, 15) is 0 Å². The summed E-state index contributed by atoms with van der Waals surface area (Å²) in [7, 11) is 4.89. The van der Waals surface area contributed by atoms with E-state index in [2.05, 4.69) is 43.3 Å². The smallest absolute Gasteiger partial charge is 0.282 e. The Morgan fingerprint density at radius 2 is 1.54 bits per heavy atom. The summed E-state index contributed by atoms with van der Waals surface area (Å²) < 4.78 is 16.5. The zero-order valence-electron chi connectivity index (χ0n) is 15.8. The Balaban J connectivity index is 2.69. The number of benzene rings is 1. The SMILES string of the molecule is CCCCCCCC(C=Cc1ccccc1)CC(OC)(OC)OC. The molecule has 1 rings (SSSR count). The van der Waals surface area contributed by atoms with Gasteiger partial charge in [0.1, 0.15) is 0 Å². The molecule has 0 saturated heterocycles. The van der Waals surface area contributed by atoms with E-state index >= 15 is 0 Å². The van der Waals surface area contributed by atoms with Crippen LogP contribution in [0, 0.1) is 5.92 Å². The Kier molecular flexibility index (Phi) is 10.6. The number of unbranched alkanes of at least 4 members (excludes halogenated alkanes) is 4. The average Bonchev–Trinajstić information content (AvgIpc) is 2.64. The topological polar surface area (TPSA) is 27.7 Å². The van der Waals surface area contributed by atoms with Gasteiger partial charge in [0.25, 0.3) is 5.97 Å². The molecular formula is C21H34O3. The second-order valence-electron chi connectivity index (χ2n) is 6.23. The number of ether oxygens (including phenoxy) is 3. The molecule has 0 saturated carbocycles. The van der Waals surface area contributed by atoms with Gasteiger partial charge >= 0.3 is 0 Å². The predicted octanol–water partition coefficient (Wildman–Crippen LogP) is 5.66. The van der Waals surface area contributed by atoms with Crippen LogP contribution in [0.2, 0.25) is 0 Å². The predicted molar refractivity (Wildman–Crippen MR) is 101 cm³/mol. The van der Waals surface area contributed by atoms with Gasteiger partial charge in [-0.05, 0) is 17.9 Å². The van der Waals surface area contributed by atoms with Crippen molar-refractivity contribution >= 4 is 6.08 Å². The highest BCUT2D eigenvalue weighted by Gasteiger charge is 2.32. The summed E-state index contributed by atoms with van der Waals surface area (Å²) in [5.74, 6) is -0.610. The lowest BCUT2D eigenvalue weighted by atomic mass is 9.94. The third kappa shape index (κ3) is 7.61. The molecule has 0 radical (unpaired) electrons. The third-order valence-corrected chi connectivity index (χ3v) is 4.48. The van der Waals surface area contributed by atoms with Crippen molar-refractivity contribution in [2.45, 2.75) is 57.8 Å². The van der Waals surface area contributed by atoms with E-state index in [0.29, 0.717) is 12.3 Å². The molecule has 0 N–H and O–H groups in total. The minimum atomic E-state index is -0.963. The highest BCUT2D eigenvalue weighted by atomic mass is 16.9. The molecule has 0 spiro atoms. The molecule has 136 valence electrons. The van der Waals surface area contributed by atoms with E-state index in [-0.39, 0.29) is 0 Å². The summed E-state index contributed by atoms with van der Waals surface area (Å²) in [4.78, 5) is 0. The van der Waals surface area contributed by atoms with E-state index in [4.69, 9.17) is 14.2 Å². The molecule has 0 heterocycles. The van der Waals surface area contributed by atoms with Crippen molar-refractivity contribution in [3.05, 3.63) is 42.0 Å². The van der Waals surface area contributed by atoms with E-state index in [1.165, 1.54) is 37.7 Å². The monoisotopic (exact) mass is 334 g/mol. The van der Waals surface area contributed by atoms with Crippen molar-refractivity contribution in [2.24, 2.45) is 5.92 Å². The molecule has 24 heavy (non-hydrogen) atoms. The lowest BCUT2D eigenvalue weighted by Gasteiger charge is -2.31. The second kappa shape index (κ2) is 12.2. The van der Waals surface area contributed by atoms with Crippen molar-refractivity contribution in [2.75, 3.05) is 21.3 Å². The van der Waals surface area contributed by atoms with Crippen LogP contribution in [0.3, 0.4) is 0 Å². The lowest BCUT2D eigenvalue weighted by Crippen LogP contribution is -2.37. The fourth-order valence-electron chi connectivity index (χ4n) is 2.91. The van der Waals surface area contributed by atoms with Gasteiger partial charge in [-0.15, -0.1) is 0 Å². The van der Waals surface area contributed by atoms with Crippen LogP contribution >= 0.6 is 0 Å². The number of allylic oxidation sites excluding steroid dienone is 1. The molecule has 0 aliphatic carbocycles. The summed E-state index contributed by atoms with van der Waals surface area (Å²) in [5, 5.41) is 0. The van der Waals surface area contributed by atoms with Crippen LogP contribution in [0.4, 0.5) is 0 Å². The molecule has 3 heteroatoms. The van der Waals surface area contributed by atoms with Crippen LogP contribution in [0.15, 0.2) is 36.4 Å². The van der Waals surface area contributed by atoms with Gasteiger partial charge in [-0.3, -0.25) is 0 Å². The van der Waals surface area contributed by atoms with E-state index < -0.39 is 5.97 Å². The fourth-order valence-corrected chi connectivity index (χ4v) is 2.91. The van der Waals surface area contributed by atoms with Crippen LogP contribution < -0.4 is 0 Å². The summed E-state index contributed by atoms with van der Waals surface area (Å²) in [6.45, 7) is 2.25. The first kappa shape index (κ1) is 20.9. The number of hydrogen-bond donors (Lipinski definition) is 0. The molecule has 0 aliphatic heterocycles. The van der Waals surface area contributed by atoms with Crippen molar-refractivity contribution < 1.29 is 14.2 Å². The average molecular weight is 335 g/mol. The third-order valence-electron chi connectivity index (χ3n) is 4.48. The minimum absolute atomic E-state index is 0.353. The Hall–Kier alpha value is -1.16. The van der Waals surface area contributed by atoms with Gasteiger partial charge in [-0.25, -0.2) is 0 Å². The number of methoxy groups -OCH3 is 3. The Labute approximate surface area is 148 Å². The Morgan fingerprint density at radius 3 is 2.12 bits per heavy atom. The van der Waals surface area contributed by atoms with Gasteiger partial charge in [0, 0.05) is 27.8 Å². The molecule has 0 aliphatic rings. The molecule has 1 aromatic rings. The lowest BCUT2D eigenvalue weighted by molar-refractivity contribution is -0.358. The van der Waals surface area contributed by atoms with Crippen LogP contribution in [-0.4, -0.2) is 27.3 Å². The normalized spacial score (nSPS) is 13.5. The van der Waals surface area contributed by atoms with Crippen LogP contribution in [-0.2, 0) is 14.2 Å². The molecular weight excluding hydrogens is 300 g/mol. The first-order valence-corrected chi connectivity index (χ1v) is 9.08. The maximum absolute atomic E-state index is 5.49. The van der Waals surface area contributed by atoms with Gasteiger partial charge in [-0.2, -0.15) is 0 Å². The van der Waals surface area contributed by atoms with Gasteiger partial charge < -0.3 is 14.2 Å². The van der Waals surface area contributed by atoms with E-state index in [0.717, 1.165) is 6.42 Å². The number of rotatable bonds is 13. The minimum Gasteiger partial charge on any atom is -0.331 e. The van der Waals surface area contributed by atoms with Crippen molar-refractivity contribution in [1.29, 1.82) is 0 Å². The molecule has 0 fully saturated rings. The van der Waals surface area contributed by atoms with Gasteiger partial charge in [0.05, 0.1) is 0 Å². The molecule has 1 unspecified atom stereocenters. The van der Waals surface area contributed by atoms with Crippen molar-refractivity contribution in [3.63, 3.8) is 0 Å². The second-order valence-corrected chi connectivity index (χ2v) is 6.23. The van der Waals surface area contributed by atoms with Crippen molar-refractivity contribution in [3.8, 4) is 0 Å². The van der Waals surface area contributed by atoms with E-state index in [1.807, 2.05) is 6.07 Å². The maximum Gasteiger partial charge on any atom is 0.282 e. The summed E-state index contributed by atoms with van der Waals surface area (Å²) in [5.41, 5.74) is 1.21. The zero-order chi connectivity index (χ0) is 17.7. The van der Waals surface area contributed by atoms with Gasteiger partial charge in [-0.1, -0.05) is 81.5 Å². The zero-order valence-corrected chi connectivity index (χ0v) is 15.8. The Bertz CT molecular complexity index is 429. The molecule has 0 bridgehead atoms. The van der Waals surface area contributed by atoms with Gasteiger partial charge in [0.15, 0.2) is 0 Å². The highest BCUT2D eigenvalue weighted by Crippen LogP contribution is 2.28. The first-order chi connectivity index (χ1) is 11.7. The summed E-state index contributed by atoms with van der Waals surface area (Å²) in [6.07, 6.45) is 12.7. The standard InChI is InChI=1S/C21H34O3/c1-5-6-7-8-10-15-20(18-21(22-2,23-3)24-4)17-16-19-13-11-9-12-14-19/h9,11-14,16-17,20H,5-8,10,15,18H2,1-4H3. The molecule has 0 amide bonds. The van der Waals surface area contributed by atoms with Crippen LogP contribution in [0.25, 0.3) is 6.08 Å². The van der Waals surface area contributed by atoms with Gasteiger partial charge in [0.2, 0.25) is 0 Å².